The van der Waals surface area contributed by atoms with Gasteiger partial charge in [0.05, 0.1) is 18.8 Å². The van der Waals surface area contributed by atoms with E-state index in [0.29, 0.717) is 5.92 Å². The summed E-state index contributed by atoms with van der Waals surface area (Å²) in [5.74, 6) is 1.25. The first-order valence-electron chi connectivity index (χ1n) is 7.95. The van der Waals surface area contributed by atoms with Gasteiger partial charge in [-0.05, 0) is 30.9 Å². The fourth-order valence-electron chi connectivity index (χ4n) is 2.91. The Labute approximate surface area is 157 Å². The number of hydrogen-bond donors (Lipinski definition) is 2. The molecule has 1 aromatic rings. The Morgan fingerprint density at radius 3 is 2.67 bits per heavy atom. The van der Waals surface area contributed by atoms with Crippen molar-refractivity contribution in [3.63, 3.8) is 0 Å². The maximum atomic E-state index is 12.1. The molecular formula is C17H29Cl2N3O2. The molecule has 2 atom stereocenters. The Balaban J connectivity index is 0.00000264. The molecule has 0 saturated carbocycles. The molecule has 7 heteroatoms. The highest BCUT2D eigenvalue weighted by atomic mass is 35.5. The molecule has 0 aromatic heterocycles. The second-order valence-corrected chi connectivity index (χ2v) is 6.35. The lowest BCUT2D eigenvalue weighted by atomic mass is 10.0. The summed E-state index contributed by atoms with van der Waals surface area (Å²) in [6, 6.07) is 7.70. The monoisotopic (exact) mass is 377 g/mol. The van der Waals surface area contributed by atoms with Gasteiger partial charge in [0.25, 0.3) is 0 Å². The van der Waals surface area contributed by atoms with Crippen molar-refractivity contribution in [1.82, 2.24) is 5.32 Å². The highest BCUT2D eigenvalue weighted by Crippen LogP contribution is 2.30. The minimum Gasteiger partial charge on any atom is -0.495 e. The normalized spacial score (nSPS) is 17.7. The van der Waals surface area contributed by atoms with E-state index >= 15 is 0 Å². The van der Waals surface area contributed by atoms with Crippen LogP contribution < -0.4 is 20.7 Å². The van der Waals surface area contributed by atoms with Crippen molar-refractivity contribution in [1.29, 1.82) is 0 Å². The van der Waals surface area contributed by atoms with Gasteiger partial charge in [0, 0.05) is 19.1 Å². The second kappa shape index (κ2) is 10.6. The lowest BCUT2D eigenvalue weighted by Crippen LogP contribution is -2.46. The minimum absolute atomic E-state index is 0. The standard InChI is InChI=1S/C17H27N3O2.2ClH/c1-12(2)10-14(18)17(21)19-13-8-9-20(11-13)15-6-4-5-7-16(15)22-3;;/h4-7,12-14H,8-11,18H2,1-3H3,(H,19,21);2*1H/t13?,14-;;/m0../s1. The summed E-state index contributed by atoms with van der Waals surface area (Å²) in [6.07, 6.45) is 1.65. The van der Waals surface area contributed by atoms with Crippen LogP contribution in [0.15, 0.2) is 24.3 Å². The number of para-hydroxylation sites is 2. The molecule has 0 aliphatic carbocycles. The molecule has 0 radical (unpaired) electrons. The van der Waals surface area contributed by atoms with Crippen LogP contribution in [0.4, 0.5) is 5.69 Å². The Kier molecular flexibility index (Phi) is 10.1. The number of amides is 1. The fourth-order valence-corrected chi connectivity index (χ4v) is 2.91. The topological polar surface area (TPSA) is 67.6 Å². The average molecular weight is 378 g/mol. The van der Waals surface area contributed by atoms with E-state index in [1.54, 1.807) is 7.11 Å². The first-order chi connectivity index (χ1) is 10.5. The molecule has 2 rings (SSSR count). The Bertz CT molecular complexity index is 514. The molecule has 138 valence electrons. The van der Waals surface area contributed by atoms with Gasteiger partial charge in [0.15, 0.2) is 0 Å². The summed E-state index contributed by atoms with van der Waals surface area (Å²) >= 11 is 0. The Morgan fingerprint density at radius 1 is 1.38 bits per heavy atom. The molecule has 1 heterocycles. The van der Waals surface area contributed by atoms with E-state index in [-0.39, 0.29) is 36.8 Å². The number of benzene rings is 1. The van der Waals surface area contributed by atoms with Crippen LogP contribution >= 0.6 is 24.8 Å². The van der Waals surface area contributed by atoms with Crippen molar-refractivity contribution < 1.29 is 9.53 Å². The van der Waals surface area contributed by atoms with Gasteiger partial charge in [-0.25, -0.2) is 0 Å². The minimum atomic E-state index is -0.416. The molecule has 1 unspecified atom stereocenters. The summed E-state index contributed by atoms with van der Waals surface area (Å²) in [7, 11) is 1.68. The maximum absolute atomic E-state index is 12.1. The first-order valence-corrected chi connectivity index (χ1v) is 7.95. The van der Waals surface area contributed by atoms with Crippen LogP contribution in [0.2, 0.25) is 0 Å². The lowest BCUT2D eigenvalue weighted by molar-refractivity contribution is -0.123. The molecule has 24 heavy (non-hydrogen) atoms. The molecule has 1 aliphatic rings. The summed E-state index contributed by atoms with van der Waals surface area (Å²) in [5, 5.41) is 3.07. The van der Waals surface area contributed by atoms with Gasteiger partial charge in [-0.15, -0.1) is 24.8 Å². The molecule has 5 nitrogen and oxygen atoms in total. The number of carbonyl (C=O) groups is 1. The Hall–Kier alpha value is -1.17. The van der Waals surface area contributed by atoms with Gasteiger partial charge < -0.3 is 20.7 Å². The molecule has 1 aliphatic heterocycles. The Morgan fingerprint density at radius 2 is 2.04 bits per heavy atom. The largest absolute Gasteiger partial charge is 0.495 e. The van der Waals surface area contributed by atoms with Crippen molar-refractivity contribution in [3.8, 4) is 5.75 Å². The zero-order valence-corrected chi connectivity index (χ0v) is 16.2. The summed E-state index contributed by atoms with van der Waals surface area (Å²) in [4.78, 5) is 14.4. The quantitative estimate of drug-likeness (QED) is 0.799. The van der Waals surface area contributed by atoms with E-state index in [1.807, 2.05) is 24.3 Å². The third kappa shape index (κ3) is 6.04. The van der Waals surface area contributed by atoms with Gasteiger partial charge in [-0.1, -0.05) is 26.0 Å². The van der Waals surface area contributed by atoms with Gasteiger partial charge >= 0.3 is 0 Å². The highest BCUT2D eigenvalue weighted by molar-refractivity contribution is 5.85. The number of halogens is 2. The van der Waals surface area contributed by atoms with Crippen LogP contribution in [0.25, 0.3) is 0 Å². The van der Waals surface area contributed by atoms with Crippen molar-refractivity contribution in [2.24, 2.45) is 11.7 Å². The van der Waals surface area contributed by atoms with Crippen molar-refractivity contribution in [3.05, 3.63) is 24.3 Å². The fraction of sp³-hybridized carbons (Fsp3) is 0.588. The number of rotatable bonds is 6. The number of methoxy groups -OCH3 is 1. The number of anilines is 1. The van der Waals surface area contributed by atoms with Gasteiger partial charge in [-0.2, -0.15) is 0 Å². The predicted octanol–water partition coefficient (Wildman–Crippen LogP) is 2.61. The number of hydrogen-bond acceptors (Lipinski definition) is 4. The van der Waals surface area contributed by atoms with Gasteiger partial charge in [0.1, 0.15) is 5.75 Å². The third-order valence-corrected chi connectivity index (χ3v) is 4.02. The molecule has 1 fully saturated rings. The molecular weight excluding hydrogens is 349 g/mol. The SMILES string of the molecule is COc1ccccc1N1CCC(NC(=O)[C@@H](N)CC(C)C)C1.Cl.Cl. The summed E-state index contributed by atoms with van der Waals surface area (Å²) in [6.45, 7) is 5.85. The predicted molar refractivity (Wildman–Crippen MR) is 104 cm³/mol. The number of nitrogens with two attached hydrogens (primary N) is 1. The van der Waals surface area contributed by atoms with Crippen LogP contribution in [0.5, 0.6) is 5.75 Å². The third-order valence-electron chi connectivity index (χ3n) is 4.02. The van der Waals surface area contributed by atoms with Crippen LogP contribution in [0.3, 0.4) is 0 Å². The van der Waals surface area contributed by atoms with Crippen LogP contribution in [-0.4, -0.2) is 38.2 Å². The van der Waals surface area contributed by atoms with Gasteiger partial charge in [-0.3, -0.25) is 4.79 Å². The first kappa shape index (κ1) is 22.8. The maximum Gasteiger partial charge on any atom is 0.237 e. The summed E-state index contributed by atoms with van der Waals surface area (Å²) < 4.78 is 5.41. The van der Waals surface area contributed by atoms with Crippen LogP contribution in [0.1, 0.15) is 26.7 Å². The van der Waals surface area contributed by atoms with Crippen LogP contribution in [0, 0.1) is 5.92 Å². The second-order valence-electron chi connectivity index (χ2n) is 6.35. The number of nitrogens with one attached hydrogen (secondary N) is 1. The van der Waals surface area contributed by atoms with Crippen molar-refractivity contribution in [2.75, 3.05) is 25.1 Å². The van der Waals surface area contributed by atoms with E-state index in [9.17, 15) is 4.79 Å². The van der Waals surface area contributed by atoms with E-state index in [1.165, 1.54) is 0 Å². The molecule has 3 N–H and O–H groups in total. The van der Waals surface area contributed by atoms with E-state index < -0.39 is 6.04 Å². The highest BCUT2D eigenvalue weighted by Gasteiger charge is 2.27. The molecule has 1 aromatic carbocycles. The van der Waals surface area contributed by atoms with E-state index in [4.69, 9.17) is 10.5 Å². The number of carbonyl (C=O) groups excluding carboxylic acids is 1. The number of ether oxygens (including phenoxy) is 1. The van der Waals surface area contributed by atoms with Gasteiger partial charge in [0.2, 0.25) is 5.91 Å². The lowest BCUT2D eigenvalue weighted by Gasteiger charge is -2.22. The molecule has 0 spiro atoms. The average Bonchev–Trinajstić information content (AvgIpc) is 2.94. The van der Waals surface area contributed by atoms with Crippen LogP contribution in [-0.2, 0) is 4.79 Å². The van der Waals surface area contributed by atoms with E-state index in [0.717, 1.165) is 37.4 Å². The van der Waals surface area contributed by atoms with Crippen molar-refractivity contribution in [2.45, 2.75) is 38.8 Å². The number of nitrogens with zero attached hydrogens (tertiary/aromatic N) is 1. The zero-order chi connectivity index (χ0) is 16.1. The smallest absolute Gasteiger partial charge is 0.237 e. The zero-order valence-electron chi connectivity index (χ0n) is 14.5. The van der Waals surface area contributed by atoms with E-state index in [2.05, 4.69) is 24.1 Å². The summed E-state index contributed by atoms with van der Waals surface area (Å²) in [5.41, 5.74) is 7.02. The molecule has 1 saturated heterocycles. The molecule has 1 amide bonds. The van der Waals surface area contributed by atoms with Crippen molar-refractivity contribution >= 4 is 36.4 Å². The molecule has 0 bridgehead atoms.